The zero-order valence-corrected chi connectivity index (χ0v) is 21.7. The second-order valence-corrected chi connectivity index (χ2v) is 14.2. The number of ketones is 1. The predicted molar refractivity (Wildman–Crippen MR) is 130 cm³/mol. The van der Waals surface area contributed by atoms with Crippen LogP contribution in [0.15, 0.2) is 11.6 Å². The van der Waals surface area contributed by atoms with Gasteiger partial charge in [-0.3, -0.25) is 9.59 Å². The van der Waals surface area contributed by atoms with Gasteiger partial charge in [0.15, 0.2) is 5.78 Å². The highest BCUT2D eigenvalue weighted by molar-refractivity contribution is 5.95. The summed E-state index contributed by atoms with van der Waals surface area (Å²) in [4.78, 5) is 26.3. The number of fused-ring (bicyclic) bond motifs is 7. The van der Waals surface area contributed by atoms with Gasteiger partial charge in [-0.25, -0.2) is 0 Å². The van der Waals surface area contributed by atoms with E-state index < -0.39 is 0 Å². The van der Waals surface area contributed by atoms with E-state index in [1.165, 1.54) is 5.57 Å². The minimum atomic E-state index is -0.288. The summed E-state index contributed by atoms with van der Waals surface area (Å²) in [7, 11) is 0. The van der Waals surface area contributed by atoms with Crippen LogP contribution in [0.3, 0.4) is 0 Å². The molecule has 0 aromatic rings. The van der Waals surface area contributed by atoms with Crippen LogP contribution in [0.2, 0.25) is 0 Å². The molecule has 4 heteroatoms. The first-order valence-corrected chi connectivity index (χ1v) is 13.4. The molecule has 0 aliphatic heterocycles. The van der Waals surface area contributed by atoms with Crippen molar-refractivity contribution in [3.63, 3.8) is 0 Å². The van der Waals surface area contributed by atoms with Gasteiger partial charge in [-0.2, -0.15) is 0 Å². The summed E-state index contributed by atoms with van der Waals surface area (Å²) in [6.45, 7) is 14.0. The second-order valence-electron chi connectivity index (χ2n) is 14.2. The Kier molecular flexibility index (Phi) is 4.97. The van der Waals surface area contributed by atoms with Gasteiger partial charge >= 0.3 is 0 Å². The predicted octanol–water partition coefficient (Wildman–Crippen LogP) is 5.42. The molecule has 5 aliphatic carbocycles. The van der Waals surface area contributed by atoms with Gasteiger partial charge in [0.1, 0.15) is 0 Å². The number of nitrogens with two attached hydrogens (primary N) is 1. The van der Waals surface area contributed by atoms with E-state index in [4.69, 9.17) is 5.73 Å². The standard InChI is InChI=1S/C29H45NO3/c1-25(2)21-8-12-29(6)23(27(21,4)11-9-22(25)32)20(31)16-19-18-15-17(24(30)33)7-10-26(18,3)13-14-28(19,29)5/h16-18,21-23,32H,7-15H2,1-6H3,(H2,30,33)/t17?,18?,21?,22?,23?,26?,27?,28-,29?/m1/s1. The molecular formula is C29H45NO3. The van der Waals surface area contributed by atoms with Gasteiger partial charge in [-0.05, 0) is 103 Å². The summed E-state index contributed by atoms with van der Waals surface area (Å²) in [5.74, 6) is 0.712. The molecule has 0 saturated heterocycles. The third-order valence-corrected chi connectivity index (χ3v) is 12.6. The first-order valence-electron chi connectivity index (χ1n) is 13.4. The Bertz CT molecular complexity index is 922. The van der Waals surface area contributed by atoms with Crippen LogP contribution >= 0.6 is 0 Å². The lowest BCUT2D eigenvalue weighted by molar-refractivity contribution is -0.201. The maximum atomic E-state index is 14.1. The molecule has 3 N–H and O–H groups in total. The molecule has 1 amide bonds. The first-order chi connectivity index (χ1) is 15.2. The zero-order chi connectivity index (χ0) is 24.2. The van der Waals surface area contributed by atoms with Crippen molar-refractivity contribution in [1.82, 2.24) is 0 Å². The molecule has 0 aromatic heterocycles. The van der Waals surface area contributed by atoms with Gasteiger partial charge in [0.05, 0.1) is 6.10 Å². The van der Waals surface area contributed by atoms with E-state index in [-0.39, 0.29) is 56.8 Å². The fourth-order valence-electron chi connectivity index (χ4n) is 10.3. The van der Waals surface area contributed by atoms with E-state index in [1.54, 1.807) is 0 Å². The van der Waals surface area contributed by atoms with Crippen molar-refractivity contribution in [2.24, 2.45) is 56.5 Å². The van der Waals surface area contributed by atoms with Gasteiger partial charge in [0, 0.05) is 11.8 Å². The molecule has 0 spiro atoms. The third kappa shape index (κ3) is 2.85. The number of allylic oxidation sites excluding steroid dienone is 2. The minimum Gasteiger partial charge on any atom is -0.393 e. The summed E-state index contributed by atoms with van der Waals surface area (Å²) in [5, 5.41) is 10.8. The van der Waals surface area contributed by atoms with Gasteiger partial charge < -0.3 is 10.8 Å². The number of amides is 1. The van der Waals surface area contributed by atoms with Crippen molar-refractivity contribution in [3.05, 3.63) is 11.6 Å². The van der Waals surface area contributed by atoms with E-state index in [1.807, 2.05) is 0 Å². The van der Waals surface area contributed by atoms with Crippen LogP contribution in [-0.4, -0.2) is 22.9 Å². The minimum absolute atomic E-state index is 0.00385. The molecule has 5 rings (SSSR count). The van der Waals surface area contributed by atoms with Gasteiger partial charge in [0.25, 0.3) is 0 Å². The number of primary amides is 1. The SMILES string of the molecule is CC12CCC(C(N)=O)CC1C1=CC(=O)C3C4(C)CCC(O)C(C)(C)C4CCC3(C)[C@]1(C)CC2. The average molecular weight is 456 g/mol. The van der Waals surface area contributed by atoms with Crippen LogP contribution in [0.4, 0.5) is 0 Å². The van der Waals surface area contributed by atoms with Gasteiger partial charge in [-0.15, -0.1) is 0 Å². The molecule has 8 unspecified atom stereocenters. The van der Waals surface area contributed by atoms with Gasteiger partial charge in [0.2, 0.25) is 5.91 Å². The Balaban J connectivity index is 1.61. The summed E-state index contributed by atoms with van der Waals surface area (Å²) < 4.78 is 0. The lowest BCUT2D eigenvalue weighted by atomic mass is 9.33. The summed E-state index contributed by atoms with van der Waals surface area (Å²) in [6, 6.07) is 0. The molecule has 0 radical (unpaired) electrons. The van der Waals surface area contributed by atoms with Crippen molar-refractivity contribution in [2.45, 2.75) is 105 Å². The fourth-order valence-corrected chi connectivity index (χ4v) is 10.3. The molecule has 4 saturated carbocycles. The molecule has 184 valence electrons. The van der Waals surface area contributed by atoms with Crippen molar-refractivity contribution in [3.8, 4) is 0 Å². The fraction of sp³-hybridized carbons (Fsp3) is 0.862. The molecule has 0 bridgehead atoms. The maximum Gasteiger partial charge on any atom is 0.220 e. The molecule has 0 aromatic carbocycles. The highest BCUT2D eigenvalue weighted by Gasteiger charge is 2.69. The van der Waals surface area contributed by atoms with Crippen LogP contribution in [0, 0.1) is 50.7 Å². The highest BCUT2D eigenvalue weighted by Crippen LogP contribution is 2.74. The topological polar surface area (TPSA) is 80.4 Å². The van der Waals surface area contributed by atoms with Crippen LogP contribution < -0.4 is 5.73 Å². The van der Waals surface area contributed by atoms with Crippen LogP contribution in [0.5, 0.6) is 0 Å². The Hall–Kier alpha value is -1.16. The molecule has 4 fully saturated rings. The van der Waals surface area contributed by atoms with Crippen molar-refractivity contribution < 1.29 is 14.7 Å². The number of carbonyl (C=O) groups is 2. The number of hydrogen-bond donors (Lipinski definition) is 2. The van der Waals surface area contributed by atoms with Crippen molar-refractivity contribution >= 4 is 11.7 Å². The monoisotopic (exact) mass is 455 g/mol. The molecular weight excluding hydrogens is 410 g/mol. The maximum absolute atomic E-state index is 14.1. The Morgan fingerprint density at radius 3 is 2.33 bits per heavy atom. The Morgan fingerprint density at radius 1 is 0.970 bits per heavy atom. The molecule has 4 nitrogen and oxygen atoms in total. The van der Waals surface area contributed by atoms with Crippen molar-refractivity contribution in [2.75, 3.05) is 0 Å². The summed E-state index contributed by atoms with van der Waals surface area (Å²) in [5.41, 5.74) is 6.92. The number of hydrogen-bond acceptors (Lipinski definition) is 3. The van der Waals surface area contributed by atoms with Crippen LogP contribution in [0.25, 0.3) is 0 Å². The number of carbonyl (C=O) groups excluding carboxylic acids is 2. The van der Waals surface area contributed by atoms with E-state index in [0.717, 1.165) is 57.8 Å². The number of aliphatic hydroxyl groups is 1. The number of aliphatic hydroxyl groups excluding tert-OH is 1. The van der Waals surface area contributed by atoms with Crippen LogP contribution in [0.1, 0.15) is 99.3 Å². The lowest BCUT2D eigenvalue weighted by Crippen LogP contribution is -2.66. The Morgan fingerprint density at radius 2 is 1.67 bits per heavy atom. The molecule has 5 aliphatic rings. The summed E-state index contributed by atoms with van der Waals surface area (Å²) >= 11 is 0. The largest absolute Gasteiger partial charge is 0.393 e. The number of rotatable bonds is 1. The van der Waals surface area contributed by atoms with E-state index in [0.29, 0.717) is 11.7 Å². The van der Waals surface area contributed by atoms with E-state index in [9.17, 15) is 14.7 Å². The highest BCUT2D eigenvalue weighted by atomic mass is 16.3. The molecule has 9 atom stereocenters. The van der Waals surface area contributed by atoms with Crippen LogP contribution in [-0.2, 0) is 9.59 Å². The van der Waals surface area contributed by atoms with Gasteiger partial charge in [-0.1, -0.05) is 47.1 Å². The molecule has 0 heterocycles. The van der Waals surface area contributed by atoms with Crippen molar-refractivity contribution in [1.29, 1.82) is 0 Å². The third-order valence-electron chi connectivity index (χ3n) is 12.6. The second kappa shape index (κ2) is 6.95. The molecule has 33 heavy (non-hydrogen) atoms. The van der Waals surface area contributed by atoms with E-state index in [2.05, 4.69) is 47.6 Å². The quantitative estimate of drug-likeness (QED) is 0.554. The summed E-state index contributed by atoms with van der Waals surface area (Å²) in [6.07, 6.45) is 10.6. The first kappa shape index (κ1) is 23.6. The normalized spacial score (nSPS) is 53.1. The average Bonchev–Trinajstić information content (AvgIpc) is 2.72. The zero-order valence-electron chi connectivity index (χ0n) is 21.7. The smallest absolute Gasteiger partial charge is 0.220 e. The van der Waals surface area contributed by atoms with E-state index >= 15 is 0 Å². The Labute approximate surface area is 200 Å². The lowest BCUT2D eigenvalue weighted by Gasteiger charge is -2.70.